The van der Waals surface area contributed by atoms with Gasteiger partial charge in [-0.3, -0.25) is 14.2 Å². The molecule has 0 aliphatic carbocycles. The van der Waals surface area contributed by atoms with Crippen LogP contribution in [0.2, 0.25) is 0 Å². The van der Waals surface area contributed by atoms with E-state index in [0.717, 1.165) is 20.1 Å². The Morgan fingerprint density at radius 1 is 1.15 bits per heavy atom. The normalized spacial score (nSPS) is 11.3. The van der Waals surface area contributed by atoms with Gasteiger partial charge in [0.1, 0.15) is 11.7 Å². The number of benzene rings is 2. The molecule has 3 aromatic heterocycles. The Morgan fingerprint density at radius 2 is 1.97 bits per heavy atom. The lowest BCUT2D eigenvalue weighted by atomic mass is 10.1. The van der Waals surface area contributed by atoms with Gasteiger partial charge in [0.15, 0.2) is 9.99 Å². The Balaban J connectivity index is 1.17. The predicted molar refractivity (Wildman–Crippen MR) is 135 cm³/mol. The van der Waals surface area contributed by atoms with Gasteiger partial charge in [-0.1, -0.05) is 53.7 Å². The van der Waals surface area contributed by atoms with E-state index in [0.29, 0.717) is 36.4 Å². The van der Waals surface area contributed by atoms with Crippen molar-refractivity contribution in [3.05, 3.63) is 82.5 Å². The summed E-state index contributed by atoms with van der Waals surface area (Å²) in [6.07, 6.45) is 3.09. The molecule has 0 saturated carbocycles. The maximum absolute atomic E-state index is 12.9. The van der Waals surface area contributed by atoms with Crippen LogP contribution < -0.4 is 10.9 Å². The van der Waals surface area contributed by atoms with Crippen molar-refractivity contribution in [1.29, 1.82) is 0 Å². The Bertz CT molecular complexity index is 1490. The molecule has 172 valence electrons. The molecule has 0 fully saturated rings. The molecule has 0 unspecified atom stereocenters. The van der Waals surface area contributed by atoms with Crippen molar-refractivity contribution in [2.24, 2.45) is 0 Å². The summed E-state index contributed by atoms with van der Waals surface area (Å²) in [6.45, 7) is 3.30. The van der Waals surface area contributed by atoms with Crippen molar-refractivity contribution >= 4 is 50.3 Å². The molecule has 0 aliphatic rings. The van der Waals surface area contributed by atoms with Crippen LogP contribution in [0.5, 0.6) is 0 Å². The van der Waals surface area contributed by atoms with E-state index in [1.807, 2.05) is 55.5 Å². The molecule has 1 amide bonds. The zero-order valence-electron chi connectivity index (χ0n) is 18.5. The molecule has 34 heavy (non-hydrogen) atoms. The van der Waals surface area contributed by atoms with Crippen LogP contribution in [0.3, 0.4) is 0 Å². The molecule has 0 radical (unpaired) electrons. The highest BCUT2D eigenvalue weighted by atomic mass is 32.2. The Morgan fingerprint density at radius 3 is 2.79 bits per heavy atom. The van der Waals surface area contributed by atoms with Gasteiger partial charge < -0.3 is 5.32 Å². The summed E-state index contributed by atoms with van der Waals surface area (Å²) in [5.41, 5.74) is 3.55. The van der Waals surface area contributed by atoms with E-state index < -0.39 is 0 Å². The largest absolute Gasteiger partial charge is 0.354 e. The molecule has 0 atom stereocenters. The van der Waals surface area contributed by atoms with Crippen LogP contribution in [0.25, 0.3) is 21.3 Å². The third kappa shape index (κ3) is 4.87. The lowest BCUT2D eigenvalue weighted by Crippen LogP contribution is -2.29. The SMILES string of the molecule is Cc1ccc(Cn2cnc3c(cnn3CCNC(=O)CSc3nc4ccccc4s3)c2=O)cc1. The first-order valence-electron chi connectivity index (χ1n) is 10.8. The third-order valence-corrected chi connectivity index (χ3v) is 7.52. The molecule has 5 aromatic rings. The summed E-state index contributed by atoms with van der Waals surface area (Å²) >= 11 is 3.01. The van der Waals surface area contributed by atoms with Crippen LogP contribution in [0.4, 0.5) is 0 Å². The van der Waals surface area contributed by atoms with E-state index in [-0.39, 0.29) is 11.5 Å². The standard InChI is InChI=1S/C24H22N6O2S2/c1-16-6-8-17(9-7-16)13-29-15-26-22-18(23(29)32)12-27-30(22)11-10-25-21(31)14-33-24-28-19-4-2-3-5-20(19)34-24/h2-9,12,15H,10-11,13-14H2,1H3,(H,25,31). The average Bonchev–Trinajstić information content (AvgIpc) is 3.45. The quantitative estimate of drug-likeness (QED) is 0.335. The van der Waals surface area contributed by atoms with E-state index in [2.05, 4.69) is 20.4 Å². The van der Waals surface area contributed by atoms with E-state index in [1.54, 1.807) is 33.1 Å². The van der Waals surface area contributed by atoms with Crippen LogP contribution in [0, 0.1) is 6.92 Å². The predicted octanol–water partition coefficient (Wildman–Crippen LogP) is 3.47. The molecule has 10 heteroatoms. The Kier molecular flexibility index (Phi) is 6.41. The molecule has 8 nitrogen and oxygen atoms in total. The van der Waals surface area contributed by atoms with Gasteiger partial charge in [0.25, 0.3) is 5.56 Å². The minimum atomic E-state index is -0.131. The second kappa shape index (κ2) is 9.78. The number of nitrogens with one attached hydrogen (secondary N) is 1. The number of amides is 1. The second-order valence-electron chi connectivity index (χ2n) is 7.85. The Hall–Kier alpha value is -3.50. The smallest absolute Gasteiger partial charge is 0.264 e. The number of carbonyl (C=O) groups is 1. The first kappa shape index (κ1) is 22.3. The number of hydrogen-bond acceptors (Lipinski definition) is 7. The molecular formula is C24H22N6O2S2. The number of carbonyl (C=O) groups excluding carboxylic acids is 1. The fraction of sp³-hybridized carbons (Fsp3) is 0.208. The maximum atomic E-state index is 12.9. The zero-order chi connectivity index (χ0) is 23.5. The van der Waals surface area contributed by atoms with Gasteiger partial charge in [-0.25, -0.2) is 14.6 Å². The van der Waals surface area contributed by atoms with Gasteiger partial charge in [0, 0.05) is 6.54 Å². The summed E-state index contributed by atoms with van der Waals surface area (Å²) in [5, 5.41) is 7.67. The van der Waals surface area contributed by atoms with Crippen LogP contribution in [-0.2, 0) is 17.9 Å². The van der Waals surface area contributed by atoms with Gasteiger partial charge in [-0.05, 0) is 24.6 Å². The first-order chi connectivity index (χ1) is 16.6. The molecule has 5 rings (SSSR count). The summed E-state index contributed by atoms with van der Waals surface area (Å²) < 4.78 is 5.22. The number of aryl methyl sites for hydroxylation is 1. The number of thioether (sulfide) groups is 1. The van der Waals surface area contributed by atoms with Gasteiger partial charge >= 0.3 is 0 Å². The van der Waals surface area contributed by atoms with Crippen molar-refractivity contribution in [3.63, 3.8) is 0 Å². The van der Waals surface area contributed by atoms with Crippen LogP contribution in [0.15, 0.2) is 70.2 Å². The maximum Gasteiger partial charge on any atom is 0.264 e. The number of aromatic nitrogens is 5. The van der Waals surface area contributed by atoms with Crippen molar-refractivity contribution in [2.45, 2.75) is 24.4 Å². The van der Waals surface area contributed by atoms with Crippen LogP contribution >= 0.6 is 23.1 Å². The fourth-order valence-electron chi connectivity index (χ4n) is 3.56. The first-order valence-corrected chi connectivity index (χ1v) is 12.6. The molecule has 3 heterocycles. The molecule has 0 spiro atoms. The number of rotatable bonds is 8. The molecule has 2 aromatic carbocycles. The van der Waals surface area contributed by atoms with Gasteiger partial charge in [0.2, 0.25) is 5.91 Å². The second-order valence-corrected chi connectivity index (χ2v) is 10.1. The molecule has 1 N–H and O–H groups in total. The zero-order valence-corrected chi connectivity index (χ0v) is 20.1. The van der Waals surface area contributed by atoms with Gasteiger partial charge in [-0.2, -0.15) is 5.10 Å². The molecule has 0 saturated heterocycles. The van der Waals surface area contributed by atoms with Crippen LogP contribution in [0.1, 0.15) is 11.1 Å². The lowest BCUT2D eigenvalue weighted by molar-refractivity contribution is -0.118. The molecule has 0 aliphatic heterocycles. The highest BCUT2D eigenvalue weighted by molar-refractivity contribution is 8.01. The monoisotopic (exact) mass is 490 g/mol. The number of para-hydroxylation sites is 1. The van der Waals surface area contributed by atoms with Crippen molar-refractivity contribution in [3.8, 4) is 0 Å². The lowest BCUT2D eigenvalue weighted by Gasteiger charge is -2.07. The fourth-order valence-corrected chi connectivity index (χ4v) is 5.45. The molecule has 0 bridgehead atoms. The summed E-state index contributed by atoms with van der Waals surface area (Å²) in [6, 6.07) is 16.0. The van der Waals surface area contributed by atoms with Crippen LogP contribution in [-0.4, -0.2) is 42.5 Å². The van der Waals surface area contributed by atoms with E-state index in [4.69, 9.17) is 0 Å². The average molecular weight is 491 g/mol. The minimum absolute atomic E-state index is 0.0749. The van der Waals surface area contributed by atoms with Crippen molar-refractivity contribution in [1.82, 2.24) is 29.6 Å². The van der Waals surface area contributed by atoms with Gasteiger partial charge in [0.05, 0.1) is 35.3 Å². The van der Waals surface area contributed by atoms with E-state index >= 15 is 0 Å². The summed E-state index contributed by atoms with van der Waals surface area (Å²) in [5.74, 6) is 0.218. The summed E-state index contributed by atoms with van der Waals surface area (Å²) in [7, 11) is 0. The number of hydrogen-bond donors (Lipinski definition) is 1. The van der Waals surface area contributed by atoms with Crippen molar-refractivity contribution < 1.29 is 4.79 Å². The highest BCUT2D eigenvalue weighted by Crippen LogP contribution is 2.29. The number of nitrogens with zero attached hydrogens (tertiary/aromatic N) is 5. The highest BCUT2D eigenvalue weighted by Gasteiger charge is 2.12. The Labute approximate surface area is 203 Å². The van der Waals surface area contributed by atoms with Gasteiger partial charge in [-0.15, -0.1) is 11.3 Å². The number of thiazole rings is 1. The third-order valence-electron chi connectivity index (χ3n) is 5.34. The number of fused-ring (bicyclic) bond motifs is 2. The summed E-state index contributed by atoms with van der Waals surface area (Å²) in [4.78, 5) is 34.1. The van der Waals surface area contributed by atoms with Crippen molar-refractivity contribution in [2.75, 3.05) is 12.3 Å². The topological polar surface area (TPSA) is 94.7 Å². The molecular weight excluding hydrogens is 468 g/mol. The van der Waals surface area contributed by atoms with E-state index in [9.17, 15) is 9.59 Å². The van der Waals surface area contributed by atoms with E-state index in [1.165, 1.54) is 17.3 Å². The minimum Gasteiger partial charge on any atom is -0.354 e.